The maximum atomic E-state index is 4.08. The molecular formula is C8H14S2. The summed E-state index contributed by atoms with van der Waals surface area (Å²) >= 11 is 3.99. The Bertz CT molecular complexity index is 142. The summed E-state index contributed by atoms with van der Waals surface area (Å²) in [4.78, 5) is 1.37. The Morgan fingerprint density at radius 3 is 2.70 bits per heavy atom. The first-order valence-corrected chi connectivity index (χ1v) is 5.62. The van der Waals surface area contributed by atoms with E-state index in [1.165, 1.54) is 22.8 Å². The Hall–Kier alpha value is 0.440. The smallest absolute Gasteiger partial charge is 0.0431 e. The highest BCUT2D eigenvalue weighted by Gasteiger charge is 2.29. The first-order valence-electron chi connectivity index (χ1n) is 3.65. The Labute approximate surface area is 71.8 Å². The second-order valence-corrected chi connectivity index (χ2v) is 5.49. The van der Waals surface area contributed by atoms with Crippen LogP contribution in [0, 0.1) is 0 Å². The molecule has 58 valence electrons. The van der Waals surface area contributed by atoms with Crippen molar-refractivity contribution in [2.24, 2.45) is 0 Å². The van der Waals surface area contributed by atoms with Gasteiger partial charge in [-0.2, -0.15) is 0 Å². The molecule has 0 aromatic rings. The molecule has 0 aromatic heterocycles. The van der Waals surface area contributed by atoms with Crippen LogP contribution >= 0.6 is 23.5 Å². The fourth-order valence-electron chi connectivity index (χ4n) is 0.964. The summed E-state index contributed by atoms with van der Waals surface area (Å²) in [6, 6.07) is 0. The van der Waals surface area contributed by atoms with Crippen molar-refractivity contribution >= 4 is 23.5 Å². The van der Waals surface area contributed by atoms with Crippen molar-refractivity contribution in [2.45, 2.75) is 25.0 Å². The van der Waals surface area contributed by atoms with Crippen LogP contribution in [0.25, 0.3) is 0 Å². The van der Waals surface area contributed by atoms with Crippen molar-refractivity contribution in [3.63, 3.8) is 0 Å². The van der Waals surface area contributed by atoms with Crippen molar-refractivity contribution in [2.75, 3.05) is 11.5 Å². The van der Waals surface area contributed by atoms with E-state index in [0.29, 0.717) is 4.75 Å². The molecule has 1 heterocycles. The minimum absolute atomic E-state index is 0.364. The van der Waals surface area contributed by atoms with Crippen LogP contribution in [0.15, 0.2) is 11.5 Å². The molecular weight excluding hydrogens is 160 g/mol. The molecule has 0 spiro atoms. The average Bonchev–Trinajstić information content (AvgIpc) is 1.96. The third-order valence-corrected chi connectivity index (χ3v) is 5.22. The molecule has 0 N–H and O–H groups in total. The van der Waals surface area contributed by atoms with Gasteiger partial charge in [0.15, 0.2) is 0 Å². The summed E-state index contributed by atoms with van der Waals surface area (Å²) in [6.45, 7) is 8.62. The lowest BCUT2D eigenvalue weighted by Crippen LogP contribution is -2.24. The molecule has 1 rings (SSSR count). The van der Waals surface area contributed by atoms with E-state index in [-0.39, 0.29) is 0 Å². The number of hydrogen-bond donors (Lipinski definition) is 0. The number of rotatable bonds is 1. The minimum atomic E-state index is 0.364. The first kappa shape index (κ1) is 8.54. The van der Waals surface area contributed by atoms with Crippen LogP contribution in [-0.2, 0) is 0 Å². The Morgan fingerprint density at radius 2 is 2.30 bits per heavy atom. The second kappa shape index (κ2) is 3.22. The third-order valence-electron chi connectivity index (χ3n) is 2.04. The summed E-state index contributed by atoms with van der Waals surface area (Å²) in [6.07, 6.45) is 1.21. The van der Waals surface area contributed by atoms with Crippen LogP contribution in [0.4, 0.5) is 0 Å². The first-order chi connectivity index (χ1) is 4.69. The Balaban J connectivity index is 2.63. The topological polar surface area (TPSA) is 0 Å². The van der Waals surface area contributed by atoms with Gasteiger partial charge in [-0.05, 0) is 18.2 Å². The van der Waals surface area contributed by atoms with Crippen LogP contribution in [0.3, 0.4) is 0 Å². The van der Waals surface area contributed by atoms with E-state index < -0.39 is 0 Å². The summed E-state index contributed by atoms with van der Waals surface area (Å²) in [5.74, 6) is 2.53. The lowest BCUT2D eigenvalue weighted by Gasteiger charge is -2.33. The minimum Gasteiger partial charge on any atom is -0.149 e. The highest BCUT2D eigenvalue weighted by molar-refractivity contribution is 8.09. The molecule has 2 heteroatoms. The van der Waals surface area contributed by atoms with Crippen molar-refractivity contribution in [3.8, 4) is 0 Å². The lowest BCUT2D eigenvalue weighted by molar-refractivity contribution is 0.744. The molecule has 0 nitrogen and oxygen atoms in total. The Kier molecular flexibility index (Phi) is 2.75. The molecule has 0 aliphatic carbocycles. The van der Waals surface area contributed by atoms with E-state index >= 15 is 0 Å². The predicted octanol–water partition coefficient (Wildman–Crippen LogP) is 3.15. The molecule has 1 fully saturated rings. The number of hydrogen-bond acceptors (Lipinski definition) is 2. The van der Waals surface area contributed by atoms with Gasteiger partial charge in [0.2, 0.25) is 0 Å². The standard InChI is InChI=1S/C8H14S2/c1-4-8(3)7(2)9-5-6-10-8/h2,4-6H2,1,3H3. The average molecular weight is 174 g/mol. The van der Waals surface area contributed by atoms with Gasteiger partial charge in [0.1, 0.15) is 0 Å². The maximum absolute atomic E-state index is 4.08. The molecule has 10 heavy (non-hydrogen) atoms. The zero-order chi connectivity index (χ0) is 7.61. The van der Waals surface area contributed by atoms with Crippen molar-refractivity contribution in [1.82, 2.24) is 0 Å². The predicted molar refractivity (Wildman–Crippen MR) is 52.8 cm³/mol. The van der Waals surface area contributed by atoms with Gasteiger partial charge in [0.05, 0.1) is 0 Å². The quantitative estimate of drug-likeness (QED) is 0.599. The van der Waals surface area contributed by atoms with Crippen LogP contribution in [0.1, 0.15) is 20.3 Å². The van der Waals surface area contributed by atoms with Gasteiger partial charge in [0.25, 0.3) is 0 Å². The van der Waals surface area contributed by atoms with E-state index in [1.54, 1.807) is 0 Å². The van der Waals surface area contributed by atoms with Crippen LogP contribution in [0.2, 0.25) is 0 Å². The zero-order valence-corrected chi connectivity index (χ0v) is 8.28. The summed E-state index contributed by atoms with van der Waals surface area (Å²) < 4.78 is 0.364. The summed E-state index contributed by atoms with van der Waals surface area (Å²) in [5.41, 5.74) is 0. The fourth-order valence-corrected chi connectivity index (χ4v) is 3.50. The third kappa shape index (κ3) is 1.54. The second-order valence-electron chi connectivity index (χ2n) is 2.70. The van der Waals surface area contributed by atoms with Gasteiger partial charge >= 0.3 is 0 Å². The van der Waals surface area contributed by atoms with Gasteiger partial charge in [-0.15, -0.1) is 23.5 Å². The molecule has 1 aliphatic rings. The van der Waals surface area contributed by atoms with Gasteiger partial charge < -0.3 is 0 Å². The molecule has 1 aliphatic heterocycles. The summed E-state index contributed by atoms with van der Waals surface area (Å²) in [7, 11) is 0. The molecule has 0 radical (unpaired) electrons. The van der Waals surface area contributed by atoms with Gasteiger partial charge in [0, 0.05) is 16.3 Å². The molecule has 1 saturated heterocycles. The monoisotopic (exact) mass is 174 g/mol. The van der Waals surface area contributed by atoms with Crippen LogP contribution < -0.4 is 0 Å². The molecule has 0 saturated carbocycles. The van der Waals surface area contributed by atoms with Crippen molar-refractivity contribution < 1.29 is 0 Å². The van der Waals surface area contributed by atoms with Gasteiger partial charge in [-0.3, -0.25) is 0 Å². The van der Waals surface area contributed by atoms with Crippen LogP contribution in [0.5, 0.6) is 0 Å². The molecule has 0 bridgehead atoms. The van der Waals surface area contributed by atoms with E-state index in [4.69, 9.17) is 0 Å². The van der Waals surface area contributed by atoms with E-state index in [2.05, 4.69) is 32.2 Å². The maximum Gasteiger partial charge on any atom is 0.0431 e. The lowest BCUT2D eigenvalue weighted by atomic mass is 10.1. The van der Waals surface area contributed by atoms with Crippen LogP contribution in [-0.4, -0.2) is 16.3 Å². The number of thioether (sulfide) groups is 2. The van der Waals surface area contributed by atoms with E-state index in [9.17, 15) is 0 Å². The molecule has 0 amide bonds. The Morgan fingerprint density at radius 1 is 1.60 bits per heavy atom. The van der Waals surface area contributed by atoms with Gasteiger partial charge in [-0.25, -0.2) is 0 Å². The van der Waals surface area contributed by atoms with Crippen molar-refractivity contribution in [3.05, 3.63) is 11.5 Å². The highest BCUT2D eigenvalue weighted by atomic mass is 32.2. The van der Waals surface area contributed by atoms with Crippen molar-refractivity contribution in [1.29, 1.82) is 0 Å². The van der Waals surface area contributed by atoms with E-state index in [1.807, 2.05) is 11.8 Å². The molecule has 1 atom stereocenters. The zero-order valence-electron chi connectivity index (χ0n) is 6.64. The molecule has 1 unspecified atom stereocenters. The highest BCUT2D eigenvalue weighted by Crippen LogP contribution is 2.44. The normalized spacial score (nSPS) is 34.4. The van der Waals surface area contributed by atoms with Gasteiger partial charge in [-0.1, -0.05) is 13.5 Å². The van der Waals surface area contributed by atoms with E-state index in [0.717, 1.165) is 0 Å². The molecule has 0 aromatic carbocycles. The SMILES string of the molecule is C=C1SCCSC1(C)CC. The summed E-state index contributed by atoms with van der Waals surface area (Å²) in [5, 5.41) is 0. The fraction of sp³-hybridized carbons (Fsp3) is 0.750. The largest absolute Gasteiger partial charge is 0.149 e.